The number of nitrogens with zero attached hydrogens (tertiary/aromatic N) is 3. The van der Waals surface area contributed by atoms with Crippen LogP contribution in [0.2, 0.25) is 10.0 Å². The largest absolute Gasteiger partial charge is 0.350 e. The SMILES string of the molecule is O=C(/C=C/c1cc(Cl)ccc1Cl)Nc1cccc(Cn2nc3ccccn3c2=O)c1. The zero-order valence-electron chi connectivity index (χ0n) is 15.6. The van der Waals surface area contributed by atoms with Crippen molar-refractivity contribution < 1.29 is 4.79 Å². The van der Waals surface area contributed by atoms with E-state index in [1.54, 1.807) is 54.7 Å². The summed E-state index contributed by atoms with van der Waals surface area (Å²) in [5, 5.41) is 8.16. The molecule has 0 bridgehead atoms. The fourth-order valence-electron chi connectivity index (χ4n) is 2.98. The molecule has 8 heteroatoms. The minimum absolute atomic E-state index is 0.221. The number of benzene rings is 2. The summed E-state index contributed by atoms with van der Waals surface area (Å²) in [6, 6.07) is 17.7. The van der Waals surface area contributed by atoms with Crippen LogP contribution in [0.25, 0.3) is 11.7 Å². The van der Waals surface area contributed by atoms with Gasteiger partial charge in [0, 0.05) is 28.0 Å². The molecule has 0 aliphatic heterocycles. The Morgan fingerprint density at radius 1 is 1.07 bits per heavy atom. The van der Waals surface area contributed by atoms with Gasteiger partial charge in [0.05, 0.1) is 6.54 Å². The summed E-state index contributed by atoms with van der Waals surface area (Å²) in [5.74, 6) is -0.312. The predicted molar refractivity (Wildman–Crippen MR) is 119 cm³/mol. The number of pyridine rings is 1. The van der Waals surface area contributed by atoms with Crippen molar-refractivity contribution in [2.24, 2.45) is 0 Å². The van der Waals surface area contributed by atoms with Crippen LogP contribution < -0.4 is 11.0 Å². The summed E-state index contributed by atoms with van der Waals surface area (Å²) in [4.78, 5) is 24.7. The van der Waals surface area contributed by atoms with E-state index in [2.05, 4.69) is 10.4 Å². The highest BCUT2D eigenvalue weighted by molar-refractivity contribution is 6.34. The molecule has 2 aromatic carbocycles. The molecule has 150 valence electrons. The molecule has 0 fully saturated rings. The van der Waals surface area contributed by atoms with Crippen LogP contribution in [0, 0.1) is 0 Å². The zero-order chi connectivity index (χ0) is 21.1. The van der Waals surface area contributed by atoms with Crippen molar-refractivity contribution in [3.05, 3.63) is 105 Å². The number of carbonyl (C=O) groups is 1. The van der Waals surface area contributed by atoms with Gasteiger partial charge in [-0.1, -0.05) is 41.4 Å². The molecule has 0 spiro atoms. The highest BCUT2D eigenvalue weighted by Gasteiger charge is 2.07. The van der Waals surface area contributed by atoms with Gasteiger partial charge < -0.3 is 5.32 Å². The summed E-state index contributed by atoms with van der Waals surface area (Å²) >= 11 is 12.1. The van der Waals surface area contributed by atoms with Gasteiger partial charge in [-0.3, -0.25) is 9.20 Å². The second-order valence-electron chi connectivity index (χ2n) is 6.56. The molecule has 0 radical (unpaired) electrons. The minimum atomic E-state index is -0.312. The van der Waals surface area contributed by atoms with E-state index in [1.807, 2.05) is 18.2 Å². The second kappa shape index (κ2) is 8.57. The van der Waals surface area contributed by atoms with Gasteiger partial charge in [0.1, 0.15) is 0 Å². The summed E-state index contributed by atoms with van der Waals surface area (Å²) in [6.45, 7) is 0.290. The molecular formula is C22H16Cl2N4O2. The molecular weight excluding hydrogens is 423 g/mol. The number of anilines is 1. The van der Waals surface area contributed by atoms with Crippen LogP contribution in [-0.2, 0) is 11.3 Å². The fourth-order valence-corrected chi connectivity index (χ4v) is 3.34. The normalized spacial score (nSPS) is 11.3. The van der Waals surface area contributed by atoms with Gasteiger partial charge in [0.15, 0.2) is 5.65 Å². The van der Waals surface area contributed by atoms with Crippen LogP contribution >= 0.6 is 23.2 Å². The van der Waals surface area contributed by atoms with E-state index < -0.39 is 0 Å². The second-order valence-corrected chi connectivity index (χ2v) is 7.40. The molecule has 1 N–H and O–H groups in total. The average molecular weight is 439 g/mol. The van der Waals surface area contributed by atoms with E-state index in [9.17, 15) is 9.59 Å². The Balaban J connectivity index is 1.48. The van der Waals surface area contributed by atoms with Gasteiger partial charge in [-0.2, -0.15) is 0 Å². The lowest BCUT2D eigenvalue weighted by Gasteiger charge is -2.06. The van der Waals surface area contributed by atoms with Gasteiger partial charge in [-0.05, 0) is 59.7 Å². The fraction of sp³-hybridized carbons (Fsp3) is 0.0455. The van der Waals surface area contributed by atoms with Crippen LogP contribution in [0.5, 0.6) is 0 Å². The van der Waals surface area contributed by atoms with Gasteiger partial charge in [-0.25, -0.2) is 9.48 Å². The molecule has 4 rings (SSSR count). The van der Waals surface area contributed by atoms with E-state index >= 15 is 0 Å². The molecule has 0 saturated heterocycles. The lowest BCUT2D eigenvalue weighted by atomic mass is 10.2. The van der Waals surface area contributed by atoms with Gasteiger partial charge in [0.2, 0.25) is 5.91 Å². The molecule has 4 aromatic rings. The number of halogens is 2. The molecule has 2 heterocycles. The summed E-state index contributed by atoms with van der Waals surface area (Å²) in [5.41, 5.74) is 2.45. The van der Waals surface area contributed by atoms with Crippen LogP contribution in [0.4, 0.5) is 5.69 Å². The van der Waals surface area contributed by atoms with E-state index in [0.29, 0.717) is 26.9 Å². The number of nitrogens with one attached hydrogen (secondary N) is 1. The summed E-state index contributed by atoms with van der Waals surface area (Å²) in [6.07, 6.45) is 4.66. The Labute approximate surface area is 182 Å². The van der Waals surface area contributed by atoms with Gasteiger partial charge in [-0.15, -0.1) is 5.10 Å². The van der Waals surface area contributed by atoms with E-state index in [4.69, 9.17) is 23.2 Å². The molecule has 30 heavy (non-hydrogen) atoms. The highest BCUT2D eigenvalue weighted by atomic mass is 35.5. The lowest BCUT2D eigenvalue weighted by Crippen LogP contribution is -2.21. The molecule has 0 unspecified atom stereocenters. The van der Waals surface area contributed by atoms with Crippen molar-refractivity contribution in [3.63, 3.8) is 0 Å². The van der Waals surface area contributed by atoms with E-state index in [0.717, 1.165) is 5.56 Å². The third-order valence-corrected chi connectivity index (χ3v) is 4.97. The quantitative estimate of drug-likeness (QED) is 0.466. The van der Waals surface area contributed by atoms with Crippen molar-refractivity contribution >= 4 is 46.5 Å². The molecule has 2 aromatic heterocycles. The molecule has 1 amide bonds. The van der Waals surface area contributed by atoms with Crippen LogP contribution in [0.1, 0.15) is 11.1 Å². The molecule has 0 aliphatic carbocycles. The Morgan fingerprint density at radius 3 is 2.77 bits per heavy atom. The number of carbonyl (C=O) groups excluding carboxylic acids is 1. The maximum Gasteiger partial charge on any atom is 0.350 e. The van der Waals surface area contributed by atoms with Crippen LogP contribution in [0.15, 0.2) is 77.7 Å². The first-order chi connectivity index (χ1) is 14.5. The third-order valence-electron chi connectivity index (χ3n) is 4.39. The molecule has 0 aliphatic rings. The maximum absolute atomic E-state index is 12.4. The first-order valence-corrected chi connectivity index (χ1v) is 9.82. The van der Waals surface area contributed by atoms with E-state index in [1.165, 1.54) is 15.2 Å². The third kappa shape index (κ3) is 4.45. The summed E-state index contributed by atoms with van der Waals surface area (Å²) < 4.78 is 2.87. The number of hydrogen-bond acceptors (Lipinski definition) is 3. The van der Waals surface area contributed by atoms with Crippen molar-refractivity contribution in [3.8, 4) is 0 Å². The smallest absolute Gasteiger partial charge is 0.323 e. The van der Waals surface area contributed by atoms with Gasteiger partial charge >= 0.3 is 5.69 Å². The standard InChI is InChI=1S/C22H16Cl2N4O2/c23-17-8-9-19(24)16(13-17)7-10-21(29)25-18-5-3-4-15(12-18)14-28-22(30)27-11-2-1-6-20(27)26-28/h1-13H,14H2,(H,25,29)/b10-7+. The number of fused-ring (bicyclic) bond motifs is 1. The molecule has 0 atom stereocenters. The number of hydrogen-bond donors (Lipinski definition) is 1. The van der Waals surface area contributed by atoms with Crippen molar-refractivity contribution in [1.82, 2.24) is 14.2 Å². The topological polar surface area (TPSA) is 68.4 Å². The first kappa shape index (κ1) is 19.9. The monoisotopic (exact) mass is 438 g/mol. The minimum Gasteiger partial charge on any atom is -0.323 e. The Morgan fingerprint density at radius 2 is 1.93 bits per heavy atom. The Kier molecular flexibility index (Phi) is 5.70. The van der Waals surface area contributed by atoms with Gasteiger partial charge in [0.25, 0.3) is 0 Å². The Hall–Kier alpha value is -3.35. The number of amides is 1. The lowest BCUT2D eigenvalue weighted by molar-refractivity contribution is -0.111. The van der Waals surface area contributed by atoms with Crippen molar-refractivity contribution in [2.45, 2.75) is 6.54 Å². The predicted octanol–water partition coefficient (Wildman–Crippen LogP) is 4.50. The number of rotatable bonds is 5. The molecule has 0 saturated carbocycles. The van der Waals surface area contributed by atoms with Crippen molar-refractivity contribution in [2.75, 3.05) is 5.32 Å². The summed E-state index contributed by atoms with van der Waals surface area (Å²) in [7, 11) is 0. The van der Waals surface area contributed by atoms with Crippen molar-refractivity contribution in [1.29, 1.82) is 0 Å². The highest BCUT2D eigenvalue weighted by Crippen LogP contribution is 2.22. The average Bonchev–Trinajstić information content (AvgIpc) is 3.04. The Bertz CT molecular complexity index is 1320. The number of aromatic nitrogens is 3. The van der Waals surface area contributed by atoms with E-state index in [-0.39, 0.29) is 18.1 Å². The van der Waals surface area contributed by atoms with Crippen LogP contribution in [0.3, 0.4) is 0 Å². The van der Waals surface area contributed by atoms with Crippen LogP contribution in [-0.4, -0.2) is 20.1 Å². The zero-order valence-corrected chi connectivity index (χ0v) is 17.1. The first-order valence-electron chi connectivity index (χ1n) is 9.07. The maximum atomic E-state index is 12.4. The molecule has 6 nitrogen and oxygen atoms in total.